The number of rotatable bonds is 11. The van der Waals surface area contributed by atoms with Gasteiger partial charge in [0, 0.05) is 39.3 Å². The maximum absolute atomic E-state index is 11.9. The molecule has 2 aromatic rings. The Labute approximate surface area is 170 Å². The monoisotopic (exact) mass is 406 g/mol. The molecule has 3 rings (SSSR count). The van der Waals surface area contributed by atoms with Crippen molar-refractivity contribution in [2.24, 2.45) is 0 Å². The molecule has 2 N–H and O–H groups in total. The number of ether oxygens (including phenoxy) is 1. The van der Waals surface area contributed by atoms with Gasteiger partial charge in [0.25, 0.3) is 5.91 Å². The Balaban J connectivity index is 1.33. The standard InChI is InChI=1S/C20H30N4O5/c1-2-5-21-20(26)18-15-29-19(22-18)12-24-8-6-23(7-9-24)11-16(25)13-27-14-17-4-3-10-28-17/h3-4,10,15-16,25H,2,5-9,11-14H2,1H3,(H,21,26). The van der Waals surface area contributed by atoms with Crippen molar-refractivity contribution >= 4 is 5.91 Å². The third kappa shape index (κ3) is 6.97. The number of carbonyl (C=O) groups is 1. The van der Waals surface area contributed by atoms with Gasteiger partial charge in [-0.3, -0.25) is 14.6 Å². The lowest BCUT2D eigenvalue weighted by Crippen LogP contribution is -2.48. The second-order valence-corrected chi connectivity index (χ2v) is 7.21. The number of aliphatic hydroxyl groups excluding tert-OH is 1. The first-order valence-electron chi connectivity index (χ1n) is 10.1. The molecule has 160 valence electrons. The highest BCUT2D eigenvalue weighted by Gasteiger charge is 2.21. The molecule has 9 heteroatoms. The highest BCUT2D eigenvalue weighted by Crippen LogP contribution is 2.10. The molecule has 3 heterocycles. The van der Waals surface area contributed by atoms with E-state index in [4.69, 9.17) is 13.6 Å². The number of β-amino-alcohol motifs (C(OH)–C–C–N with tert-alkyl or cyclic N) is 1. The van der Waals surface area contributed by atoms with Crippen molar-refractivity contribution in [3.63, 3.8) is 0 Å². The quantitative estimate of drug-likeness (QED) is 0.572. The van der Waals surface area contributed by atoms with Crippen molar-refractivity contribution in [1.82, 2.24) is 20.1 Å². The lowest BCUT2D eigenvalue weighted by molar-refractivity contribution is -0.00353. The summed E-state index contributed by atoms with van der Waals surface area (Å²) in [5, 5.41) is 13.0. The second kappa shape index (κ2) is 11.1. The van der Waals surface area contributed by atoms with E-state index in [0.29, 0.717) is 37.8 Å². The first kappa shape index (κ1) is 21.5. The van der Waals surface area contributed by atoms with Crippen LogP contribution < -0.4 is 5.32 Å². The number of nitrogens with one attached hydrogen (secondary N) is 1. The minimum absolute atomic E-state index is 0.199. The van der Waals surface area contributed by atoms with Crippen molar-refractivity contribution in [2.45, 2.75) is 32.6 Å². The van der Waals surface area contributed by atoms with Gasteiger partial charge in [-0.1, -0.05) is 6.92 Å². The summed E-state index contributed by atoms with van der Waals surface area (Å²) < 4.78 is 16.1. The van der Waals surface area contributed by atoms with Crippen LogP contribution in [0.1, 0.15) is 35.5 Å². The molecule has 0 aliphatic carbocycles. The molecule has 0 aromatic carbocycles. The molecule has 1 fully saturated rings. The molecular weight excluding hydrogens is 376 g/mol. The minimum atomic E-state index is -0.535. The van der Waals surface area contributed by atoms with Crippen LogP contribution in [0, 0.1) is 0 Å². The van der Waals surface area contributed by atoms with Gasteiger partial charge < -0.3 is 24.0 Å². The lowest BCUT2D eigenvalue weighted by Gasteiger charge is -2.34. The fraction of sp³-hybridized carbons (Fsp3) is 0.600. The van der Waals surface area contributed by atoms with Gasteiger partial charge in [0.05, 0.1) is 25.5 Å². The molecule has 1 amide bonds. The Morgan fingerprint density at radius 1 is 1.31 bits per heavy atom. The maximum atomic E-state index is 11.9. The van der Waals surface area contributed by atoms with Gasteiger partial charge in [0.2, 0.25) is 5.89 Å². The molecule has 1 unspecified atom stereocenters. The summed E-state index contributed by atoms with van der Waals surface area (Å²) in [5.74, 6) is 1.10. The lowest BCUT2D eigenvalue weighted by atomic mass is 10.2. The largest absolute Gasteiger partial charge is 0.467 e. The van der Waals surface area contributed by atoms with Crippen LogP contribution in [-0.2, 0) is 17.9 Å². The number of furan rings is 1. The molecular formula is C20H30N4O5. The van der Waals surface area contributed by atoms with Gasteiger partial charge in [-0.2, -0.15) is 0 Å². The van der Waals surface area contributed by atoms with Crippen molar-refractivity contribution in [3.8, 4) is 0 Å². The Morgan fingerprint density at radius 3 is 2.83 bits per heavy atom. The Kier molecular flexibility index (Phi) is 8.24. The van der Waals surface area contributed by atoms with Gasteiger partial charge in [0.15, 0.2) is 5.69 Å². The number of hydrogen-bond acceptors (Lipinski definition) is 8. The summed E-state index contributed by atoms with van der Waals surface area (Å²) >= 11 is 0. The molecule has 1 aliphatic heterocycles. The minimum Gasteiger partial charge on any atom is -0.467 e. The Bertz CT molecular complexity index is 725. The number of aromatic nitrogens is 1. The zero-order valence-corrected chi connectivity index (χ0v) is 16.9. The second-order valence-electron chi connectivity index (χ2n) is 7.21. The number of oxazole rings is 1. The Morgan fingerprint density at radius 2 is 2.10 bits per heavy atom. The van der Waals surface area contributed by atoms with Crippen LogP contribution >= 0.6 is 0 Å². The summed E-state index contributed by atoms with van der Waals surface area (Å²) in [6, 6.07) is 3.66. The van der Waals surface area contributed by atoms with Gasteiger partial charge in [0.1, 0.15) is 18.6 Å². The highest BCUT2D eigenvalue weighted by molar-refractivity contribution is 5.91. The van der Waals surface area contributed by atoms with Crippen LogP contribution in [0.15, 0.2) is 33.5 Å². The predicted molar refractivity (Wildman–Crippen MR) is 105 cm³/mol. The summed E-state index contributed by atoms with van der Waals surface area (Å²) in [7, 11) is 0. The van der Waals surface area contributed by atoms with Gasteiger partial charge in [-0.05, 0) is 18.6 Å². The molecule has 1 saturated heterocycles. The molecule has 2 aromatic heterocycles. The fourth-order valence-electron chi connectivity index (χ4n) is 3.18. The molecule has 0 saturated carbocycles. The summed E-state index contributed by atoms with van der Waals surface area (Å²) in [6.07, 6.45) is 3.36. The number of carbonyl (C=O) groups excluding carboxylic acids is 1. The van der Waals surface area contributed by atoms with Crippen LogP contribution in [0.5, 0.6) is 0 Å². The normalized spacial score (nSPS) is 16.8. The number of hydrogen-bond donors (Lipinski definition) is 2. The van der Waals surface area contributed by atoms with Crippen molar-refractivity contribution in [2.75, 3.05) is 45.9 Å². The Hall–Kier alpha value is -2.20. The zero-order chi connectivity index (χ0) is 20.5. The molecule has 9 nitrogen and oxygen atoms in total. The fourth-order valence-corrected chi connectivity index (χ4v) is 3.18. The number of amides is 1. The van der Waals surface area contributed by atoms with E-state index in [2.05, 4.69) is 20.1 Å². The average molecular weight is 406 g/mol. The smallest absolute Gasteiger partial charge is 0.273 e. The number of nitrogens with zero attached hydrogens (tertiary/aromatic N) is 3. The molecule has 29 heavy (non-hydrogen) atoms. The molecule has 1 atom stereocenters. The van der Waals surface area contributed by atoms with Crippen LogP contribution in [0.2, 0.25) is 0 Å². The van der Waals surface area contributed by atoms with E-state index < -0.39 is 6.10 Å². The van der Waals surface area contributed by atoms with Gasteiger partial charge in [-0.25, -0.2) is 4.98 Å². The van der Waals surface area contributed by atoms with Crippen LogP contribution in [0.4, 0.5) is 0 Å². The molecule has 0 radical (unpaired) electrons. The topological polar surface area (TPSA) is 104 Å². The van der Waals surface area contributed by atoms with Crippen LogP contribution in [0.3, 0.4) is 0 Å². The van der Waals surface area contributed by atoms with E-state index in [-0.39, 0.29) is 12.5 Å². The third-order valence-electron chi connectivity index (χ3n) is 4.75. The molecule has 1 aliphatic rings. The van der Waals surface area contributed by atoms with Crippen molar-refractivity contribution < 1.29 is 23.5 Å². The molecule has 0 spiro atoms. The van der Waals surface area contributed by atoms with Crippen LogP contribution in [-0.4, -0.2) is 77.8 Å². The summed E-state index contributed by atoms with van der Waals surface area (Å²) in [5.41, 5.74) is 0.324. The van der Waals surface area contributed by atoms with Crippen LogP contribution in [0.25, 0.3) is 0 Å². The molecule has 0 bridgehead atoms. The van der Waals surface area contributed by atoms with E-state index >= 15 is 0 Å². The first-order chi connectivity index (χ1) is 14.1. The van der Waals surface area contributed by atoms with E-state index in [1.165, 1.54) is 6.26 Å². The summed E-state index contributed by atoms with van der Waals surface area (Å²) in [6.45, 7) is 7.81. The average Bonchev–Trinajstić information content (AvgIpc) is 3.40. The first-order valence-corrected chi connectivity index (χ1v) is 10.1. The number of piperazine rings is 1. The van der Waals surface area contributed by atoms with Crippen molar-refractivity contribution in [3.05, 3.63) is 42.0 Å². The third-order valence-corrected chi connectivity index (χ3v) is 4.75. The van der Waals surface area contributed by atoms with E-state index in [1.54, 1.807) is 6.26 Å². The van der Waals surface area contributed by atoms with E-state index in [9.17, 15) is 9.90 Å². The number of aliphatic hydroxyl groups is 1. The highest BCUT2D eigenvalue weighted by atomic mass is 16.5. The summed E-state index contributed by atoms with van der Waals surface area (Å²) in [4.78, 5) is 20.6. The zero-order valence-electron chi connectivity index (χ0n) is 16.9. The van der Waals surface area contributed by atoms with Crippen molar-refractivity contribution in [1.29, 1.82) is 0 Å². The van der Waals surface area contributed by atoms with Gasteiger partial charge >= 0.3 is 0 Å². The maximum Gasteiger partial charge on any atom is 0.273 e. The van der Waals surface area contributed by atoms with E-state index in [1.807, 2.05) is 19.1 Å². The predicted octanol–water partition coefficient (Wildman–Crippen LogP) is 1.10. The van der Waals surface area contributed by atoms with Gasteiger partial charge in [-0.15, -0.1) is 0 Å². The van der Waals surface area contributed by atoms with E-state index in [0.717, 1.165) is 38.4 Å². The SMILES string of the molecule is CCCNC(=O)c1coc(CN2CCN(CC(O)COCc3ccco3)CC2)n1.